The molecule has 280 valence electrons. The van der Waals surface area contributed by atoms with Gasteiger partial charge in [-0.1, -0.05) is 91.3 Å². The van der Waals surface area contributed by atoms with E-state index in [-0.39, 0.29) is 29.9 Å². The largest absolute Gasteiger partial charge is 0.340 e. The lowest BCUT2D eigenvalue weighted by Gasteiger charge is -2.37. The second kappa shape index (κ2) is 15.8. The van der Waals surface area contributed by atoms with E-state index in [1.54, 1.807) is 11.3 Å². The first-order valence-corrected chi connectivity index (χ1v) is 20.7. The van der Waals surface area contributed by atoms with Crippen LogP contribution in [0.4, 0.5) is 0 Å². The predicted molar refractivity (Wildman–Crippen MR) is 217 cm³/mol. The number of aromatic nitrogens is 4. The lowest BCUT2D eigenvalue weighted by molar-refractivity contribution is -0.139. The normalized spacial score (nSPS) is 19.6. The number of hydrogen-bond donors (Lipinski definition) is 2. The predicted octanol–water partition coefficient (Wildman–Crippen LogP) is 8.99. The topological polar surface area (TPSA) is 101 Å². The van der Waals surface area contributed by atoms with Crippen LogP contribution in [-0.4, -0.2) is 72.6 Å². The molecule has 0 unspecified atom stereocenters. The summed E-state index contributed by atoms with van der Waals surface area (Å²) in [4.78, 5) is 51.7. The smallest absolute Gasteiger partial charge is 0.245 e. The average molecular weight is 750 g/mol. The number of piperidine rings is 1. The number of H-pyrrole nitrogens is 2. The zero-order valence-corrected chi connectivity index (χ0v) is 31.9. The summed E-state index contributed by atoms with van der Waals surface area (Å²) in [5, 5.41) is 2.02. The van der Waals surface area contributed by atoms with Crippen molar-refractivity contribution in [2.45, 2.75) is 69.5 Å². The number of benzene rings is 3. The highest BCUT2D eigenvalue weighted by molar-refractivity contribution is 7.10. The van der Waals surface area contributed by atoms with Gasteiger partial charge in [-0.3, -0.25) is 14.5 Å². The van der Waals surface area contributed by atoms with Crippen LogP contribution in [0.3, 0.4) is 0 Å². The highest BCUT2D eigenvalue weighted by atomic mass is 32.1. The zero-order valence-electron chi connectivity index (χ0n) is 31.1. The summed E-state index contributed by atoms with van der Waals surface area (Å²) in [5.74, 6) is 2.07. The van der Waals surface area contributed by atoms with Gasteiger partial charge in [0, 0.05) is 18.0 Å². The van der Waals surface area contributed by atoms with E-state index in [1.165, 1.54) is 6.42 Å². The Balaban J connectivity index is 0.860. The minimum atomic E-state index is -0.253. The van der Waals surface area contributed by atoms with Crippen LogP contribution in [0, 0.1) is 0 Å². The maximum absolute atomic E-state index is 14.3. The van der Waals surface area contributed by atoms with E-state index >= 15 is 0 Å². The Bertz CT molecular complexity index is 2200. The molecule has 2 N–H and O–H groups in total. The molecule has 3 saturated heterocycles. The van der Waals surface area contributed by atoms with Gasteiger partial charge in [0.05, 0.1) is 42.3 Å². The van der Waals surface area contributed by atoms with E-state index in [0.29, 0.717) is 6.42 Å². The van der Waals surface area contributed by atoms with E-state index in [1.807, 2.05) is 53.0 Å². The van der Waals surface area contributed by atoms with Crippen LogP contribution in [-0.2, 0) is 16.0 Å². The molecule has 3 aromatic heterocycles. The summed E-state index contributed by atoms with van der Waals surface area (Å²) in [6.45, 7) is 3.44. The zero-order chi connectivity index (χ0) is 37.1. The molecule has 3 fully saturated rings. The van der Waals surface area contributed by atoms with Gasteiger partial charge in [0.25, 0.3) is 0 Å². The Hall–Kier alpha value is -5.32. The van der Waals surface area contributed by atoms with Crippen molar-refractivity contribution in [2.75, 3.05) is 26.2 Å². The number of likely N-dealkylation sites (tertiary alicyclic amines) is 3. The first-order chi connectivity index (χ1) is 27.1. The molecule has 0 spiro atoms. The molecule has 0 aliphatic carbocycles. The molecule has 3 aromatic carbocycles. The molecule has 3 aliphatic heterocycles. The van der Waals surface area contributed by atoms with Crippen LogP contribution < -0.4 is 0 Å². The van der Waals surface area contributed by atoms with Gasteiger partial charge >= 0.3 is 0 Å². The summed E-state index contributed by atoms with van der Waals surface area (Å²) in [6.07, 6.45) is 11.5. The molecular formula is C45H47N7O2S. The molecule has 9 rings (SSSR count). The molecule has 6 heterocycles. The molecule has 0 radical (unpaired) electrons. The first kappa shape index (κ1) is 35.4. The summed E-state index contributed by atoms with van der Waals surface area (Å²) in [6, 6.07) is 31.1. The monoisotopic (exact) mass is 749 g/mol. The number of nitrogens with one attached hydrogen (secondary N) is 2. The number of rotatable bonds is 10. The van der Waals surface area contributed by atoms with Gasteiger partial charge < -0.3 is 19.8 Å². The number of imidazole rings is 2. The third kappa shape index (κ3) is 7.41. The average Bonchev–Trinajstić information content (AvgIpc) is 4.09. The van der Waals surface area contributed by atoms with Crippen molar-refractivity contribution < 1.29 is 9.59 Å². The fourth-order valence-electron chi connectivity index (χ4n) is 8.80. The summed E-state index contributed by atoms with van der Waals surface area (Å²) in [7, 11) is 0. The summed E-state index contributed by atoms with van der Waals surface area (Å²) in [5.41, 5.74) is 7.36. The van der Waals surface area contributed by atoms with Crippen LogP contribution >= 0.6 is 11.3 Å². The fourth-order valence-corrected chi connectivity index (χ4v) is 9.49. The van der Waals surface area contributed by atoms with Crippen LogP contribution in [0.2, 0.25) is 0 Å². The Labute approximate surface area is 326 Å². The number of hydrogen-bond acceptors (Lipinski definition) is 6. The molecule has 3 atom stereocenters. The highest BCUT2D eigenvalue weighted by Gasteiger charge is 2.39. The first-order valence-electron chi connectivity index (χ1n) is 19.8. The molecular weight excluding hydrogens is 703 g/mol. The number of aromatic amines is 2. The fraction of sp³-hybridized carbons (Fsp3) is 0.333. The van der Waals surface area contributed by atoms with Gasteiger partial charge in [-0.05, 0) is 90.9 Å². The molecule has 0 saturated carbocycles. The maximum atomic E-state index is 14.3. The number of thiophene rings is 1. The van der Waals surface area contributed by atoms with Crippen molar-refractivity contribution in [1.82, 2.24) is 34.6 Å². The van der Waals surface area contributed by atoms with E-state index in [2.05, 4.69) is 80.4 Å². The number of nitrogens with zero attached hydrogens (tertiary/aromatic N) is 5. The SMILES string of the molecule is O=C(Cc1cccs1)N1CCC[C@H]1c1ncc(-c2ccc(-c3ccc(-c4cnc([C@@H]5CCCN5C(=O)[C@@H](c5ccccc5)N5CCCCC5)[nH]4)cc3)cc2)[nH]1. The minimum absolute atomic E-state index is 0.0130. The Morgan fingerprint density at radius 3 is 1.78 bits per heavy atom. The van der Waals surface area contributed by atoms with Crippen molar-refractivity contribution in [3.05, 3.63) is 131 Å². The summed E-state index contributed by atoms with van der Waals surface area (Å²) >= 11 is 1.63. The van der Waals surface area contributed by atoms with E-state index in [0.717, 1.165) is 120 Å². The van der Waals surface area contributed by atoms with Gasteiger partial charge in [0.15, 0.2) is 0 Å². The van der Waals surface area contributed by atoms with Crippen LogP contribution in [0.5, 0.6) is 0 Å². The molecule has 2 amide bonds. The van der Waals surface area contributed by atoms with Gasteiger partial charge in [0.1, 0.15) is 17.7 Å². The van der Waals surface area contributed by atoms with E-state index < -0.39 is 0 Å². The van der Waals surface area contributed by atoms with Crippen molar-refractivity contribution in [3.63, 3.8) is 0 Å². The molecule has 3 aliphatic rings. The lowest BCUT2D eigenvalue weighted by atomic mass is 10.00. The number of amides is 2. The maximum Gasteiger partial charge on any atom is 0.245 e. The van der Waals surface area contributed by atoms with Crippen LogP contribution in [0.1, 0.15) is 85.2 Å². The van der Waals surface area contributed by atoms with Crippen molar-refractivity contribution in [3.8, 4) is 33.6 Å². The van der Waals surface area contributed by atoms with Gasteiger partial charge in [-0.15, -0.1) is 11.3 Å². The second-order valence-corrected chi connectivity index (χ2v) is 16.2. The molecule has 55 heavy (non-hydrogen) atoms. The van der Waals surface area contributed by atoms with Crippen molar-refractivity contribution >= 4 is 23.2 Å². The Kier molecular flexibility index (Phi) is 10.2. The molecule has 10 heteroatoms. The van der Waals surface area contributed by atoms with Gasteiger partial charge in [0.2, 0.25) is 11.8 Å². The quantitative estimate of drug-likeness (QED) is 0.146. The van der Waals surface area contributed by atoms with Crippen LogP contribution in [0.15, 0.2) is 109 Å². The third-order valence-corrected chi connectivity index (χ3v) is 12.5. The second-order valence-electron chi connectivity index (χ2n) is 15.1. The Morgan fingerprint density at radius 2 is 1.20 bits per heavy atom. The molecule has 6 aromatic rings. The molecule has 0 bridgehead atoms. The highest BCUT2D eigenvalue weighted by Crippen LogP contribution is 2.37. The standard InChI is InChI=1S/C45H47N7O2S/c53-41(28-36-12-9-27-55-36)51-25-7-13-39(51)43-46-29-37(48-43)33-19-15-31(16-20-33)32-17-21-34(22-18-32)38-30-47-44(49-38)40-14-8-26-52(40)45(54)42(35-10-3-1-4-11-35)50-23-5-2-6-24-50/h1,3-4,9-12,15-22,27,29-30,39-40,42H,2,5-8,13-14,23-26,28H2,(H,46,48)(H,47,49)/t39-,40-,42+/m0/s1. The Morgan fingerprint density at radius 1 is 0.636 bits per heavy atom. The van der Waals surface area contributed by atoms with Crippen molar-refractivity contribution in [2.24, 2.45) is 0 Å². The third-order valence-electron chi connectivity index (χ3n) is 11.7. The lowest BCUT2D eigenvalue weighted by Crippen LogP contribution is -2.44. The van der Waals surface area contributed by atoms with E-state index in [4.69, 9.17) is 9.97 Å². The van der Waals surface area contributed by atoms with E-state index in [9.17, 15) is 9.59 Å². The van der Waals surface area contributed by atoms with Crippen LogP contribution in [0.25, 0.3) is 33.6 Å². The minimum Gasteiger partial charge on any atom is -0.340 e. The summed E-state index contributed by atoms with van der Waals surface area (Å²) < 4.78 is 0. The van der Waals surface area contributed by atoms with Gasteiger partial charge in [-0.25, -0.2) is 9.97 Å². The number of carbonyl (C=O) groups is 2. The van der Waals surface area contributed by atoms with Crippen molar-refractivity contribution in [1.29, 1.82) is 0 Å². The number of carbonyl (C=O) groups excluding carboxylic acids is 2. The molecule has 9 nitrogen and oxygen atoms in total. The van der Waals surface area contributed by atoms with Gasteiger partial charge in [-0.2, -0.15) is 0 Å².